The van der Waals surface area contributed by atoms with Crippen molar-refractivity contribution in [2.75, 3.05) is 41.6 Å². The predicted molar refractivity (Wildman–Crippen MR) is 293 cm³/mol. The fourth-order valence-electron chi connectivity index (χ4n) is 7.27. The maximum absolute atomic E-state index is 13.0. The van der Waals surface area contributed by atoms with Crippen molar-refractivity contribution in [3.63, 3.8) is 0 Å². The molecule has 27 heteroatoms. The predicted octanol–water partition coefficient (Wildman–Crippen LogP) is 8.93. The highest BCUT2D eigenvalue weighted by molar-refractivity contribution is 6.30. The first-order valence-electron chi connectivity index (χ1n) is 23.5. The summed E-state index contributed by atoms with van der Waals surface area (Å²) in [6.07, 6.45) is 14.4. The number of nitrogens with one attached hydrogen (secondary N) is 3. The van der Waals surface area contributed by atoms with E-state index in [1.807, 2.05) is 42.5 Å². The Balaban J connectivity index is 0.000000163. The number of hydrogen-bond donors (Lipinski definition) is 5. The number of anilines is 8. The molecule has 0 unspecified atom stereocenters. The molecule has 0 spiro atoms. The van der Waals surface area contributed by atoms with E-state index in [-0.39, 0.29) is 39.8 Å². The van der Waals surface area contributed by atoms with Gasteiger partial charge in [-0.2, -0.15) is 15.5 Å². The molecule has 9 aromatic rings. The van der Waals surface area contributed by atoms with Crippen molar-refractivity contribution in [2.45, 2.75) is 25.7 Å². The van der Waals surface area contributed by atoms with E-state index in [2.05, 4.69) is 76.0 Å². The number of nitriles is 1. The van der Waals surface area contributed by atoms with Crippen LogP contribution in [0.15, 0.2) is 110 Å². The van der Waals surface area contributed by atoms with Gasteiger partial charge < -0.3 is 36.9 Å². The average Bonchev–Trinajstić information content (AvgIpc) is 4.40. The third-order valence-corrected chi connectivity index (χ3v) is 11.7. The van der Waals surface area contributed by atoms with Crippen LogP contribution in [0.3, 0.4) is 0 Å². The molecule has 2 fully saturated rings. The number of carbonyl (C=O) groups is 2. The van der Waals surface area contributed by atoms with Crippen molar-refractivity contribution in [3.05, 3.63) is 143 Å². The molecule has 2 saturated carbocycles. The molecule has 396 valence electrons. The Morgan fingerprint density at radius 1 is 0.603 bits per heavy atom. The highest BCUT2D eigenvalue weighted by Gasteiger charge is 2.33. The number of halogens is 3. The summed E-state index contributed by atoms with van der Waals surface area (Å²) in [6, 6.07) is 21.3. The Labute approximate surface area is 460 Å². The third-order valence-electron chi connectivity index (χ3n) is 11.2. The number of pyridine rings is 2. The number of nitrogens with two attached hydrogens (primary N) is 2. The first kappa shape index (κ1) is 54.8. The summed E-state index contributed by atoms with van der Waals surface area (Å²) in [5, 5.41) is 28.2. The van der Waals surface area contributed by atoms with Gasteiger partial charge in [-0.05, 0) is 97.4 Å². The first-order valence-corrected chi connectivity index (χ1v) is 24.7. The topological polar surface area (TPSA) is 329 Å². The lowest BCUT2D eigenvalue weighted by atomic mass is 10.1. The van der Waals surface area contributed by atoms with Crippen LogP contribution in [0.5, 0.6) is 11.5 Å². The zero-order valence-electron chi connectivity index (χ0n) is 42.0. The van der Waals surface area contributed by atoms with Crippen LogP contribution in [0.25, 0.3) is 22.8 Å². The second kappa shape index (κ2) is 25.4. The molecule has 0 radical (unpaired) electrons. The van der Waals surface area contributed by atoms with Crippen LogP contribution < -0.4 is 36.9 Å². The number of carbonyl (C=O) groups excluding carboxylic acids is 2. The summed E-state index contributed by atoms with van der Waals surface area (Å²) in [5.74, 6) is 4.13. The van der Waals surface area contributed by atoms with Crippen LogP contribution in [-0.4, -0.2) is 95.2 Å². The van der Waals surface area contributed by atoms with Gasteiger partial charge in [0.1, 0.15) is 47.1 Å². The van der Waals surface area contributed by atoms with Crippen LogP contribution in [0.1, 0.15) is 52.2 Å². The summed E-state index contributed by atoms with van der Waals surface area (Å²) < 4.78 is 14.6. The number of hydrogen-bond acceptors (Lipinski definition) is 22. The number of aryl methyl sites for hydroxylation is 2. The quantitative estimate of drug-likeness (QED) is 0.0385. The normalized spacial score (nSPS) is 12.2. The van der Waals surface area contributed by atoms with Gasteiger partial charge in [0.25, 0.3) is 0 Å². The number of para-hydroxylation sites is 2. The molecule has 2 aliphatic rings. The average molecular weight is 1110 g/mol. The highest BCUT2D eigenvalue weighted by Crippen LogP contribution is 2.41. The number of nitrogen functional groups attached to an aromatic ring is 2. The summed E-state index contributed by atoms with van der Waals surface area (Å²) in [7, 11) is 6.76. The Kier molecular flexibility index (Phi) is 17.8. The minimum atomic E-state index is 0.0159. The molecule has 7 N–H and O–H groups in total. The Morgan fingerprint density at radius 3 is 1.51 bits per heavy atom. The summed E-state index contributed by atoms with van der Waals surface area (Å²) in [6.45, 7) is 0. The van der Waals surface area contributed by atoms with Gasteiger partial charge in [-0.3, -0.25) is 19.0 Å². The zero-order valence-corrected chi connectivity index (χ0v) is 44.3. The van der Waals surface area contributed by atoms with Gasteiger partial charge in [0.15, 0.2) is 34.7 Å². The highest BCUT2D eigenvalue weighted by atomic mass is 35.5. The van der Waals surface area contributed by atoms with Crippen molar-refractivity contribution in [1.82, 2.24) is 69.4 Å². The number of methoxy groups -OCH3 is 2. The van der Waals surface area contributed by atoms with Crippen LogP contribution in [0.2, 0.25) is 15.7 Å². The molecular weight excluding hydrogens is 1060 g/mol. The van der Waals surface area contributed by atoms with Gasteiger partial charge >= 0.3 is 0 Å². The lowest BCUT2D eigenvalue weighted by molar-refractivity contribution is 0.0960. The van der Waals surface area contributed by atoms with Crippen molar-refractivity contribution in [3.8, 4) is 40.3 Å². The molecule has 24 nitrogen and oxygen atoms in total. The minimum absolute atomic E-state index is 0.0159. The van der Waals surface area contributed by atoms with Gasteiger partial charge in [-0.25, -0.2) is 49.8 Å². The summed E-state index contributed by atoms with van der Waals surface area (Å²) in [4.78, 5) is 65.1. The number of Topliss-reactive ketones (excluding diaryl/α,β-unsaturated/α-hetero) is 2. The lowest BCUT2D eigenvalue weighted by Gasteiger charge is -2.17. The fourth-order valence-corrected chi connectivity index (χ4v) is 7.74. The summed E-state index contributed by atoms with van der Waals surface area (Å²) in [5.41, 5.74) is 15.4. The number of ketones is 2. The molecule has 11 rings (SSSR count). The van der Waals surface area contributed by atoms with E-state index in [9.17, 15) is 9.59 Å². The summed E-state index contributed by atoms with van der Waals surface area (Å²) >= 11 is 16.8. The molecule has 0 amide bonds. The van der Waals surface area contributed by atoms with Crippen LogP contribution >= 0.6 is 34.8 Å². The van der Waals surface area contributed by atoms with Gasteiger partial charge in [0.2, 0.25) is 16.4 Å². The lowest BCUT2D eigenvalue weighted by Crippen LogP contribution is -2.09. The van der Waals surface area contributed by atoms with Crippen LogP contribution in [0, 0.1) is 23.2 Å². The van der Waals surface area contributed by atoms with Gasteiger partial charge in [0, 0.05) is 63.0 Å². The first-order chi connectivity index (χ1) is 37.7. The fraction of sp³-hybridized carbons (Fsp3) is 0.196. The molecule has 2 aromatic carbocycles. The van der Waals surface area contributed by atoms with Crippen LogP contribution in [0.4, 0.5) is 46.0 Å². The van der Waals surface area contributed by atoms with E-state index in [0.29, 0.717) is 91.0 Å². The van der Waals surface area contributed by atoms with Crippen molar-refractivity contribution < 1.29 is 19.1 Å². The maximum Gasteiger partial charge on any atom is 0.234 e. The monoisotopic (exact) mass is 1110 g/mol. The van der Waals surface area contributed by atoms with E-state index in [1.165, 1.54) is 24.8 Å². The third kappa shape index (κ3) is 14.5. The molecule has 0 aliphatic heterocycles. The standard InChI is InChI=1S/C24H21N9O2.C19H18ClN5O2.2C4H4ClN3/c1-33-13-28-24(32-33)15-4-3-5-17(23(15)35-2)29-18-10-20(27-12-16(18)22(34)14-6-7-14)30-19-8-9-26-21(11-25)31-19;1-25-10-22-19(24-25)12-4-3-5-14(18(12)27-2)23-15-8-16(20)21-9-13(15)17(26)11-6-7-11;2*5-4-7-2-1-3(6)8-4/h3-5,8-10,12-14H,6-7H2,1-2H3,(H2,26,27,29,30,31);3-5,8-11H,6-7H2,1-2H3,(H,21,23);2*1-2H,(H2,6,7,8). The molecule has 7 heterocycles. The van der Waals surface area contributed by atoms with Gasteiger partial charge in [-0.15, -0.1) is 0 Å². The molecule has 7 aromatic heterocycles. The molecule has 0 bridgehead atoms. The van der Waals surface area contributed by atoms with Gasteiger partial charge in [-0.1, -0.05) is 23.7 Å². The minimum Gasteiger partial charge on any atom is -0.494 e. The van der Waals surface area contributed by atoms with E-state index in [4.69, 9.17) is 61.0 Å². The van der Waals surface area contributed by atoms with Gasteiger partial charge in [0.05, 0.1) is 59.2 Å². The van der Waals surface area contributed by atoms with E-state index in [0.717, 1.165) is 31.2 Å². The van der Waals surface area contributed by atoms with Crippen molar-refractivity contribution >= 4 is 92.4 Å². The largest absolute Gasteiger partial charge is 0.494 e. The van der Waals surface area contributed by atoms with Crippen LogP contribution in [-0.2, 0) is 14.1 Å². The zero-order chi connectivity index (χ0) is 55.3. The maximum atomic E-state index is 13.0. The van der Waals surface area contributed by atoms with E-state index < -0.39 is 0 Å². The molecular formula is C51H47Cl3N20O4. The molecule has 2 aliphatic carbocycles. The number of rotatable bonds is 14. The second-order valence-corrected chi connectivity index (χ2v) is 18.0. The molecule has 0 saturated heterocycles. The second-order valence-electron chi connectivity index (χ2n) is 17.0. The number of nitrogens with zero attached hydrogens (tertiary/aromatic N) is 15. The number of aromatic nitrogens is 14. The van der Waals surface area contributed by atoms with Crippen molar-refractivity contribution in [2.24, 2.45) is 25.9 Å². The number of ether oxygens (including phenoxy) is 2. The SMILES string of the molecule is COc1c(Nc2cc(Cl)ncc2C(=O)C2CC2)cccc1-c1ncn(C)n1.COc1c(Nc2cc(Nc3ccnc(C#N)n3)ncc2C(=O)C2CC2)cccc1-c1ncn(C)n1.Nc1ccnc(Cl)n1.Nc1ccnc(Cl)n1. The number of benzene rings is 2. The van der Waals surface area contributed by atoms with E-state index >= 15 is 0 Å². The van der Waals surface area contributed by atoms with Crippen molar-refractivity contribution in [1.29, 1.82) is 5.26 Å². The Bertz CT molecular complexity index is 3560. The molecule has 0 atom stereocenters. The molecule has 78 heavy (non-hydrogen) atoms. The smallest absolute Gasteiger partial charge is 0.234 e. The Morgan fingerprint density at radius 2 is 1.09 bits per heavy atom. The van der Waals surface area contributed by atoms with E-state index in [1.54, 1.807) is 86.9 Å². The Hall–Kier alpha value is -9.44.